The molecule has 2 heterocycles. The normalized spacial score (nSPS) is 29.4. The number of amides is 1. The van der Waals surface area contributed by atoms with Crippen LogP contribution in [0.5, 0.6) is 0 Å². The van der Waals surface area contributed by atoms with Crippen molar-refractivity contribution in [3.63, 3.8) is 0 Å². The van der Waals surface area contributed by atoms with Crippen molar-refractivity contribution >= 4 is 5.91 Å². The van der Waals surface area contributed by atoms with Gasteiger partial charge < -0.3 is 15.3 Å². The second kappa shape index (κ2) is 8.52. The molecule has 2 N–H and O–H groups in total. The zero-order chi connectivity index (χ0) is 19.4. The number of carbonyl (C=O) groups excluding carboxylic acids is 1. The maximum Gasteiger partial charge on any atom is 0.267 e. The van der Waals surface area contributed by atoms with Gasteiger partial charge in [-0.3, -0.25) is 9.59 Å². The summed E-state index contributed by atoms with van der Waals surface area (Å²) in [6.45, 7) is 5.13. The Hall–Kier alpha value is -1.73. The van der Waals surface area contributed by atoms with Gasteiger partial charge in [-0.1, -0.05) is 0 Å². The van der Waals surface area contributed by atoms with Gasteiger partial charge in [-0.15, -0.1) is 0 Å². The van der Waals surface area contributed by atoms with E-state index < -0.39 is 5.60 Å². The van der Waals surface area contributed by atoms with Gasteiger partial charge in [0.15, 0.2) is 0 Å². The van der Waals surface area contributed by atoms with E-state index >= 15 is 0 Å². The van der Waals surface area contributed by atoms with Crippen LogP contribution in [0.1, 0.15) is 63.6 Å². The number of likely N-dealkylation sites (tertiary alicyclic amines) is 1. The molecule has 0 bridgehead atoms. The molecule has 7 nitrogen and oxygen atoms in total. The molecule has 1 aliphatic heterocycles. The Bertz CT molecular complexity index is 711. The van der Waals surface area contributed by atoms with E-state index in [2.05, 4.69) is 10.4 Å². The lowest BCUT2D eigenvalue weighted by atomic mass is 9.90. The van der Waals surface area contributed by atoms with E-state index in [1.165, 1.54) is 0 Å². The fourth-order valence-electron chi connectivity index (χ4n) is 4.32. The third kappa shape index (κ3) is 5.17. The molecule has 1 atom stereocenters. The van der Waals surface area contributed by atoms with Crippen molar-refractivity contribution in [2.24, 2.45) is 0 Å². The van der Waals surface area contributed by atoms with Gasteiger partial charge in [-0.05, 0) is 57.9 Å². The predicted octanol–water partition coefficient (Wildman–Crippen LogP) is 1.39. The van der Waals surface area contributed by atoms with Gasteiger partial charge in [0.05, 0.1) is 23.9 Å². The highest BCUT2D eigenvalue weighted by atomic mass is 16.3. The van der Waals surface area contributed by atoms with Gasteiger partial charge in [-0.2, -0.15) is 5.10 Å². The third-order valence-electron chi connectivity index (χ3n) is 5.97. The van der Waals surface area contributed by atoms with Gasteiger partial charge in [0.1, 0.15) is 0 Å². The zero-order valence-electron chi connectivity index (χ0n) is 16.5. The molecule has 1 saturated heterocycles. The van der Waals surface area contributed by atoms with E-state index in [4.69, 9.17) is 0 Å². The molecule has 150 valence electrons. The van der Waals surface area contributed by atoms with E-state index in [1.807, 2.05) is 6.92 Å². The van der Waals surface area contributed by atoms with Crippen LogP contribution in [0.15, 0.2) is 16.9 Å². The molecule has 0 radical (unpaired) electrons. The Balaban J connectivity index is 1.52. The number of nitrogens with one attached hydrogen (secondary N) is 1. The topological polar surface area (TPSA) is 87.5 Å². The highest BCUT2D eigenvalue weighted by molar-refractivity contribution is 5.73. The summed E-state index contributed by atoms with van der Waals surface area (Å²) in [5.74, 6) is 0.0342. The van der Waals surface area contributed by atoms with Crippen molar-refractivity contribution in [3.05, 3.63) is 28.2 Å². The van der Waals surface area contributed by atoms with Crippen LogP contribution in [0.4, 0.5) is 0 Å². The van der Waals surface area contributed by atoms with Crippen LogP contribution in [-0.2, 0) is 4.79 Å². The van der Waals surface area contributed by atoms with Crippen LogP contribution in [0, 0.1) is 6.92 Å². The van der Waals surface area contributed by atoms with Gasteiger partial charge in [-0.25, -0.2) is 4.68 Å². The highest BCUT2D eigenvalue weighted by Gasteiger charge is 2.33. The summed E-state index contributed by atoms with van der Waals surface area (Å²) in [5, 5.41) is 18.9. The lowest BCUT2D eigenvalue weighted by Gasteiger charge is -2.35. The summed E-state index contributed by atoms with van der Waals surface area (Å²) in [6, 6.07) is 3.84. The number of aromatic nitrogens is 2. The average molecular weight is 377 g/mol. The van der Waals surface area contributed by atoms with Crippen molar-refractivity contribution in [1.29, 1.82) is 0 Å². The quantitative estimate of drug-likeness (QED) is 0.829. The molecule has 2 fully saturated rings. The first-order valence-electron chi connectivity index (χ1n) is 10.1. The Morgan fingerprint density at radius 2 is 2.04 bits per heavy atom. The van der Waals surface area contributed by atoms with Gasteiger partial charge in [0, 0.05) is 32.1 Å². The molecule has 2 aliphatic rings. The predicted molar refractivity (Wildman–Crippen MR) is 104 cm³/mol. The monoisotopic (exact) mass is 376 g/mol. The van der Waals surface area contributed by atoms with Crippen LogP contribution >= 0.6 is 0 Å². The summed E-state index contributed by atoms with van der Waals surface area (Å²) in [6.07, 6.45) is 6.35. The molecule has 7 heteroatoms. The minimum absolute atomic E-state index is 0.0332. The molecular formula is C20H32N4O3. The van der Waals surface area contributed by atoms with Crippen LogP contribution < -0.4 is 10.9 Å². The SMILES string of the molecule is CC(=O)N1CCCCC(O)(CNC2CCC(n3nc(C)ccc3=O)CC2)C1. The van der Waals surface area contributed by atoms with Crippen molar-refractivity contribution in [2.75, 3.05) is 19.6 Å². The lowest BCUT2D eigenvalue weighted by molar-refractivity contribution is -0.131. The number of aliphatic hydroxyl groups is 1. The maximum absolute atomic E-state index is 12.1. The fraction of sp³-hybridized carbons (Fsp3) is 0.750. The highest BCUT2D eigenvalue weighted by Crippen LogP contribution is 2.28. The standard InChI is InChI=1S/C20H32N4O3/c1-15-5-10-19(26)24(22-15)18-8-6-17(7-9-18)21-13-20(27)11-3-4-12-23(14-20)16(2)25/h5,10,17-18,21,27H,3-4,6-9,11-14H2,1-2H3. The van der Waals surface area contributed by atoms with Crippen LogP contribution in [0.25, 0.3) is 0 Å². The molecule has 1 aliphatic carbocycles. The van der Waals surface area contributed by atoms with Gasteiger partial charge in [0.25, 0.3) is 5.56 Å². The molecule has 27 heavy (non-hydrogen) atoms. The second-order valence-electron chi connectivity index (χ2n) is 8.27. The first-order chi connectivity index (χ1) is 12.9. The molecule has 1 saturated carbocycles. The van der Waals surface area contributed by atoms with Crippen molar-refractivity contribution in [1.82, 2.24) is 20.0 Å². The molecule has 1 aromatic heterocycles. The number of nitrogens with zero attached hydrogens (tertiary/aromatic N) is 3. The first kappa shape index (κ1) is 20.0. The van der Waals surface area contributed by atoms with E-state index in [0.717, 1.165) is 57.2 Å². The largest absolute Gasteiger partial charge is 0.387 e. The van der Waals surface area contributed by atoms with Gasteiger partial charge in [0.2, 0.25) is 5.91 Å². The third-order valence-corrected chi connectivity index (χ3v) is 5.97. The average Bonchev–Trinajstić information content (AvgIpc) is 2.85. The molecule has 3 rings (SSSR count). The maximum atomic E-state index is 12.1. The lowest BCUT2D eigenvalue weighted by Crippen LogP contribution is -2.52. The summed E-state index contributed by atoms with van der Waals surface area (Å²) in [4.78, 5) is 25.6. The molecule has 1 unspecified atom stereocenters. The Labute approximate surface area is 160 Å². The Morgan fingerprint density at radius 3 is 2.74 bits per heavy atom. The van der Waals surface area contributed by atoms with Crippen LogP contribution in [-0.4, -0.2) is 57.0 Å². The second-order valence-corrected chi connectivity index (χ2v) is 8.27. The van der Waals surface area contributed by atoms with Crippen molar-refractivity contribution in [2.45, 2.75) is 76.5 Å². The fourth-order valence-corrected chi connectivity index (χ4v) is 4.32. The number of β-amino-alcohol motifs (C(OH)–C–C–N with tert-alkyl or cyclic N) is 1. The van der Waals surface area contributed by atoms with Gasteiger partial charge >= 0.3 is 0 Å². The summed E-state index contributed by atoms with van der Waals surface area (Å²) < 4.78 is 1.63. The van der Waals surface area contributed by atoms with Crippen LogP contribution in [0.3, 0.4) is 0 Å². The Morgan fingerprint density at radius 1 is 1.30 bits per heavy atom. The summed E-state index contributed by atoms with van der Waals surface area (Å²) in [5.41, 5.74) is -0.0248. The smallest absolute Gasteiger partial charge is 0.267 e. The van der Waals surface area contributed by atoms with Crippen molar-refractivity contribution in [3.8, 4) is 0 Å². The number of aryl methyl sites for hydroxylation is 1. The molecule has 1 amide bonds. The summed E-state index contributed by atoms with van der Waals surface area (Å²) >= 11 is 0. The molecule has 0 spiro atoms. The molecular weight excluding hydrogens is 344 g/mol. The van der Waals surface area contributed by atoms with E-state index in [9.17, 15) is 14.7 Å². The minimum Gasteiger partial charge on any atom is -0.387 e. The Kier molecular flexibility index (Phi) is 6.32. The number of hydrogen-bond acceptors (Lipinski definition) is 5. The summed E-state index contributed by atoms with van der Waals surface area (Å²) in [7, 11) is 0. The number of hydrogen-bond donors (Lipinski definition) is 2. The minimum atomic E-state index is -0.853. The molecule has 1 aromatic rings. The van der Waals surface area contributed by atoms with Crippen LogP contribution in [0.2, 0.25) is 0 Å². The first-order valence-corrected chi connectivity index (χ1v) is 10.1. The zero-order valence-corrected chi connectivity index (χ0v) is 16.5. The number of rotatable bonds is 4. The van der Waals surface area contributed by atoms with E-state index in [1.54, 1.807) is 28.6 Å². The van der Waals surface area contributed by atoms with E-state index in [-0.39, 0.29) is 17.5 Å². The van der Waals surface area contributed by atoms with Crippen molar-refractivity contribution < 1.29 is 9.90 Å². The number of carbonyl (C=O) groups is 1. The van der Waals surface area contributed by atoms with E-state index in [0.29, 0.717) is 19.1 Å². The molecule has 0 aromatic carbocycles.